The highest BCUT2D eigenvalue weighted by Gasteiger charge is 2.29. The number of ketones is 1. The van der Waals surface area contributed by atoms with Crippen molar-refractivity contribution in [2.24, 2.45) is 0 Å². The Kier molecular flexibility index (Phi) is 9.53. The first-order valence-electron chi connectivity index (χ1n) is 12.7. The maximum Gasteiger partial charge on any atom is 0.342 e. The Hall–Kier alpha value is -4.78. The van der Waals surface area contributed by atoms with E-state index >= 15 is 0 Å². The summed E-state index contributed by atoms with van der Waals surface area (Å²) in [5, 5.41) is 2.69. The monoisotopic (exact) mass is 599 g/mol. The average Bonchev–Trinajstić information content (AvgIpc) is 3.62. The Morgan fingerprint density at radius 3 is 2.24 bits per heavy atom. The molecule has 0 fully saturated rings. The molecule has 4 rings (SSSR count). The van der Waals surface area contributed by atoms with Gasteiger partial charge in [-0.15, -0.1) is 11.3 Å². The third-order valence-electron chi connectivity index (χ3n) is 6.30. The number of carbonyl (C=O) groups is 4. The third-order valence-corrected chi connectivity index (χ3v) is 7.49. The van der Waals surface area contributed by atoms with Crippen molar-refractivity contribution < 1.29 is 52.3 Å². The SMILES string of the molecule is CCC(=O)c1sc(NC(=O)COC(=O)c2cc(OC)c(OC)cc2OC)c(C(=O)OC)c1Cc1ccc2c(c1)OCO2. The number of methoxy groups -OCH3 is 4. The number of rotatable bonds is 12. The van der Waals surface area contributed by atoms with E-state index < -0.39 is 24.5 Å². The molecular weight excluding hydrogens is 570 g/mol. The summed E-state index contributed by atoms with van der Waals surface area (Å²) in [6.07, 6.45) is 0.357. The smallest absolute Gasteiger partial charge is 0.342 e. The van der Waals surface area contributed by atoms with E-state index in [1.54, 1.807) is 25.1 Å². The van der Waals surface area contributed by atoms with E-state index in [2.05, 4.69) is 5.32 Å². The zero-order valence-electron chi connectivity index (χ0n) is 23.6. The highest BCUT2D eigenvalue weighted by atomic mass is 32.1. The highest BCUT2D eigenvalue weighted by Crippen LogP contribution is 2.39. The molecule has 222 valence electrons. The van der Waals surface area contributed by atoms with Crippen molar-refractivity contribution >= 4 is 40.0 Å². The second kappa shape index (κ2) is 13.3. The number of benzene rings is 2. The van der Waals surface area contributed by atoms with Gasteiger partial charge >= 0.3 is 11.9 Å². The molecule has 0 radical (unpaired) electrons. The van der Waals surface area contributed by atoms with E-state index in [4.69, 9.17) is 33.2 Å². The maximum absolute atomic E-state index is 12.9. The lowest BCUT2D eigenvalue weighted by Crippen LogP contribution is -2.22. The number of hydrogen-bond acceptors (Lipinski definition) is 12. The van der Waals surface area contributed by atoms with Crippen LogP contribution < -0.4 is 29.0 Å². The van der Waals surface area contributed by atoms with Crippen molar-refractivity contribution in [1.82, 2.24) is 0 Å². The van der Waals surface area contributed by atoms with Gasteiger partial charge in [0.15, 0.2) is 35.4 Å². The molecule has 0 unspecified atom stereocenters. The summed E-state index contributed by atoms with van der Waals surface area (Å²) in [6.45, 7) is 1.11. The van der Waals surface area contributed by atoms with Gasteiger partial charge in [0.1, 0.15) is 16.3 Å². The van der Waals surface area contributed by atoms with Crippen LogP contribution in [0.4, 0.5) is 5.00 Å². The number of hydrogen-bond donors (Lipinski definition) is 1. The zero-order chi connectivity index (χ0) is 30.4. The van der Waals surface area contributed by atoms with Crippen molar-refractivity contribution in [3.8, 4) is 28.7 Å². The van der Waals surface area contributed by atoms with Gasteiger partial charge < -0.3 is 38.5 Å². The molecule has 13 heteroatoms. The van der Waals surface area contributed by atoms with Gasteiger partial charge in [-0.3, -0.25) is 9.59 Å². The predicted octanol–water partition coefficient (Wildman–Crippen LogP) is 4.27. The molecule has 0 bridgehead atoms. The van der Waals surface area contributed by atoms with Crippen LogP contribution in [-0.2, 0) is 20.7 Å². The molecule has 1 N–H and O–H groups in total. The largest absolute Gasteiger partial charge is 0.496 e. The number of esters is 2. The van der Waals surface area contributed by atoms with Crippen LogP contribution in [0, 0.1) is 0 Å². The van der Waals surface area contributed by atoms with Crippen molar-refractivity contribution in [3.63, 3.8) is 0 Å². The number of fused-ring (bicyclic) bond motifs is 1. The number of thiophene rings is 1. The minimum absolute atomic E-state index is 0.0103. The topological polar surface area (TPSA) is 145 Å². The molecule has 0 saturated carbocycles. The second-order valence-corrected chi connectivity index (χ2v) is 9.80. The summed E-state index contributed by atoms with van der Waals surface area (Å²) in [4.78, 5) is 51.9. The number of amides is 1. The molecule has 1 aromatic heterocycles. The summed E-state index contributed by atoms with van der Waals surface area (Å²) in [6, 6.07) is 8.14. The van der Waals surface area contributed by atoms with E-state index in [1.165, 1.54) is 40.6 Å². The predicted molar refractivity (Wildman–Crippen MR) is 151 cm³/mol. The molecule has 0 saturated heterocycles. The maximum atomic E-state index is 12.9. The van der Waals surface area contributed by atoms with E-state index in [0.717, 1.165) is 16.9 Å². The van der Waals surface area contributed by atoms with Crippen molar-refractivity contribution in [2.45, 2.75) is 19.8 Å². The first-order chi connectivity index (χ1) is 20.2. The number of carbonyl (C=O) groups excluding carboxylic acids is 4. The molecule has 0 aliphatic carbocycles. The van der Waals surface area contributed by atoms with Crippen LogP contribution >= 0.6 is 11.3 Å². The number of ether oxygens (including phenoxy) is 7. The summed E-state index contributed by atoms with van der Waals surface area (Å²) in [7, 11) is 5.42. The molecule has 2 heterocycles. The lowest BCUT2D eigenvalue weighted by atomic mass is 9.98. The van der Waals surface area contributed by atoms with Gasteiger partial charge in [-0.05, 0) is 23.3 Å². The number of Topliss-reactive ketones (excluding diaryl/α,β-unsaturated/α-hetero) is 1. The van der Waals surface area contributed by atoms with Gasteiger partial charge in [0, 0.05) is 25.0 Å². The van der Waals surface area contributed by atoms with Gasteiger partial charge in [0.25, 0.3) is 5.91 Å². The standard InChI is InChI=1S/C29H29NO11S/c1-6-18(31)26-17(9-15-7-8-19-23(10-15)41-14-40-19)25(29(34)38-5)27(42-26)30-24(32)13-39-28(33)16-11-21(36-3)22(37-4)12-20(16)35-2/h7-8,10-12H,6,9,13-14H2,1-5H3,(H,30,32). The minimum atomic E-state index is -0.854. The van der Waals surface area contributed by atoms with Gasteiger partial charge in [0.05, 0.1) is 38.9 Å². The molecule has 42 heavy (non-hydrogen) atoms. The van der Waals surface area contributed by atoms with Crippen molar-refractivity contribution in [2.75, 3.05) is 47.2 Å². The van der Waals surface area contributed by atoms with Crippen LogP contribution in [0.3, 0.4) is 0 Å². The Morgan fingerprint density at radius 1 is 0.881 bits per heavy atom. The molecule has 3 aromatic rings. The van der Waals surface area contributed by atoms with Crippen LogP contribution in [0.25, 0.3) is 0 Å². The van der Waals surface area contributed by atoms with Gasteiger partial charge in [-0.25, -0.2) is 9.59 Å². The fraction of sp³-hybridized carbons (Fsp3) is 0.310. The fourth-order valence-electron chi connectivity index (χ4n) is 4.24. The Labute approximate surface area is 245 Å². The zero-order valence-corrected chi connectivity index (χ0v) is 24.4. The molecule has 0 spiro atoms. The Balaban J connectivity index is 1.58. The summed E-state index contributed by atoms with van der Waals surface area (Å²) >= 11 is 0.952. The van der Waals surface area contributed by atoms with Crippen LogP contribution in [0.5, 0.6) is 28.7 Å². The summed E-state index contributed by atoms with van der Waals surface area (Å²) in [5.41, 5.74) is 1.21. The minimum Gasteiger partial charge on any atom is -0.496 e. The van der Waals surface area contributed by atoms with Gasteiger partial charge in [-0.2, -0.15) is 0 Å². The fourth-order valence-corrected chi connectivity index (χ4v) is 5.47. The lowest BCUT2D eigenvalue weighted by molar-refractivity contribution is -0.119. The van der Waals surface area contributed by atoms with Gasteiger partial charge in [0.2, 0.25) is 6.79 Å². The first kappa shape index (κ1) is 30.2. The Morgan fingerprint density at radius 2 is 1.57 bits per heavy atom. The second-order valence-electron chi connectivity index (χ2n) is 8.78. The average molecular weight is 600 g/mol. The molecule has 0 atom stereocenters. The van der Waals surface area contributed by atoms with E-state index in [9.17, 15) is 19.2 Å². The van der Waals surface area contributed by atoms with Crippen LogP contribution in [0.15, 0.2) is 30.3 Å². The van der Waals surface area contributed by atoms with Crippen LogP contribution in [0.1, 0.15) is 54.9 Å². The highest BCUT2D eigenvalue weighted by molar-refractivity contribution is 7.18. The summed E-state index contributed by atoms with van der Waals surface area (Å²) in [5.74, 6) is -0.646. The van der Waals surface area contributed by atoms with E-state index in [1.807, 2.05) is 0 Å². The van der Waals surface area contributed by atoms with E-state index in [-0.39, 0.29) is 53.0 Å². The van der Waals surface area contributed by atoms with Gasteiger partial charge in [-0.1, -0.05) is 13.0 Å². The molecule has 2 aromatic carbocycles. The van der Waals surface area contributed by atoms with Crippen LogP contribution in [-0.4, -0.2) is 65.5 Å². The molecule has 1 aliphatic heterocycles. The number of nitrogens with one attached hydrogen (secondary N) is 1. The first-order valence-corrected chi connectivity index (χ1v) is 13.5. The molecule has 12 nitrogen and oxygen atoms in total. The van der Waals surface area contributed by atoms with Crippen molar-refractivity contribution in [3.05, 3.63) is 57.5 Å². The van der Waals surface area contributed by atoms with E-state index in [0.29, 0.717) is 27.7 Å². The summed E-state index contributed by atoms with van der Waals surface area (Å²) < 4.78 is 36.7. The Bertz CT molecular complexity index is 1530. The molecule has 1 amide bonds. The quantitative estimate of drug-likeness (QED) is 0.235. The lowest BCUT2D eigenvalue weighted by Gasteiger charge is -2.13. The number of anilines is 1. The normalized spacial score (nSPS) is 11.5. The van der Waals surface area contributed by atoms with Crippen molar-refractivity contribution in [1.29, 1.82) is 0 Å². The van der Waals surface area contributed by atoms with Crippen LogP contribution in [0.2, 0.25) is 0 Å². The molecular formula is C29H29NO11S. The molecule has 1 aliphatic rings. The third kappa shape index (κ3) is 6.25.